The summed E-state index contributed by atoms with van der Waals surface area (Å²) in [7, 11) is 1.46. The largest absolute Gasteiger partial charge is 0.416 e. The standard InChI is InChI=1S/C27H23BrF3N3O3/c1-17(33(14-15-37-2)25(35)18-6-5-7-19(16-18)27(29,30)31)24-32-23-9-4-3-8-22(23)26(36)34(24)21-12-10-20(28)11-13-21/h3-13,16-17H,14-15H2,1-2H3. The monoisotopic (exact) mass is 573 g/mol. The predicted octanol–water partition coefficient (Wildman–Crippen LogP) is 6.02. The molecule has 0 bridgehead atoms. The van der Waals surface area contributed by atoms with Gasteiger partial charge in [-0.1, -0.05) is 34.1 Å². The van der Waals surface area contributed by atoms with E-state index in [2.05, 4.69) is 15.9 Å². The van der Waals surface area contributed by atoms with Crippen LogP contribution in [0.3, 0.4) is 0 Å². The third-order valence-electron chi connectivity index (χ3n) is 5.96. The molecule has 6 nitrogen and oxygen atoms in total. The Bertz CT molecular complexity index is 1490. The smallest absolute Gasteiger partial charge is 0.383 e. The zero-order valence-electron chi connectivity index (χ0n) is 20.0. The first-order valence-electron chi connectivity index (χ1n) is 11.4. The predicted molar refractivity (Wildman–Crippen MR) is 138 cm³/mol. The minimum Gasteiger partial charge on any atom is -0.383 e. The van der Waals surface area contributed by atoms with Crippen molar-refractivity contribution in [1.29, 1.82) is 0 Å². The van der Waals surface area contributed by atoms with Crippen LogP contribution >= 0.6 is 15.9 Å². The van der Waals surface area contributed by atoms with Gasteiger partial charge in [-0.15, -0.1) is 0 Å². The van der Waals surface area contributed by atoms with Crippen LogP contribution in [0.1, 0.15) is 34.7 Å². The van der Waals surface area contributed by atoms with Gasteiger partial charge in [0.25, 0.3) is 11.5 Å². The maximum Gasteiger partial charge on any atom is 0.416 e. The lowest BCUT2D eigenvalue weighted by Crippen LogP contribution is -2.39. The molecule has 192 valence electrons. The minimum atomic E-state index is -4.60. The van der Waals surface area contributed by atoms with Crippen molar-refractivity contribution >= 4 is 32.7 Å². The SMILES string of the molecule is COCCN(C(=O)c1cccc(C(F)(F)F)c1)C(C)c1nc2ccccc2c(=O)n1-c1ccc(Br)cc1. The van der Waals surface area contributed by atoms with E-state index in [1.807, 2.05) is 0 Å². The van der Waals surface area contributed by atoms with Gasteiger partial charge in [0, 0.05) is 23.7 Å². The number of rotatable bonds is 7. The molecule has 0 saturated heterocycles. The Hall–Kier alpha value is -3.50. The van der Waals surface area contributed by atoms with E-state index in [1.165, 1.54) is 28.7 Å². The number of nitrogens with zero attached hydrogens (tertiary/aromatic N) is 3. The van der Waals surface area contributed by atoms with Gasteiger partial charge in [0.1, 0.15) is 5.82 Å². The zero-order valence-corrected chi connectivity index (χ0v) is 21.6. The number of benzene rings is 3. The van der Waals surface area contributed by atoms with Crippen molar-refractivity contribution < 1.29 is 22.7 Å². The first-order chi connectivity index (χ1) is 17.6. The minimum absolute atomic E-state index is 0.0653. The Balaban J connectivity index is 1.88. The third-order valence-corrected chi connectivity index (χ3v) is 6.49. The molecule has 0 fully saturated rings. The summed E-state index contributed by atoms with van der Waals surface area (Å²) in [5.74, 6) is -0.372. The second-order valence-corrected chi connectivity index (χ2v) is 9.27. The fraction of sp³-hybridized carbons (Fsp3) is 0.222. The first kappa shape index (κ1) is 26.6. The summed E-state index contributed by atoms with van der Waals surface area (Å²) in [6.45, 7) is 1.88. The number of carbonyl (C=O) groups excluding carboxylic acids is 1. The fourth-order valence-corrected chi connectivity index (χ4v) is 4.33. The molecule has 1 amide bonds. The van der Waals surface area contributed by atoms with E-state index < -0.39 is 23.7 Å². The van der Waals surface area contributed by atoms with Crippen LogP contribution in [0.2, 0.25) is 0 Å². The summed E-state index contributed by atoms with van der Waals surface area (Å²) in [5, 5.41) is 0.397. The van der Waals surface area contributed by atoms with Crippen LogP contribution in [0.15, 0.2) is 82.1 Å². The number of para-hydroxylation sites is 1. The van der Waals surface area contributed by atoms with E-state index >= 15 is 0 Å². The van der Waals surface area contributed by atoms with E-state index in [-0.39, 0.29) is 30.1 Å². The number of hydrogen-bond acceptors (Lipinski definition) is 4. The van der Waals surface area contributed by atoms with Gasteiger partial charge in [-0.2, -0.15) is 13.2 Å². The summed E-state index contributed by atoms with van der Waals surface area (Å²) >= 11 is 3.39. The molecular weight excluding hydrogens is 551 g/mol. The normalized spacial score (nSPS) is 12.5. The fourth-order valence-electron chi connectivity index (χ4n) is 4.06. The molecule has 1 heterocycles. The second-order valence-electron chi connectivity index (χ2n) is 8.35. The summed E-state index contributed by atoms with van der Waals surface area (Å²) in [6, 6.07) is 17.4. The molecule has 1 unspecified atom stereocenters. The Labute approximate surface area is 219 Å². The number of methoxy groups -OCH3 is 1. The molecule has 37 heavy (non-hydrogen) atoms. The molecule has 0 spiro atoms. The zero-order chi connectivity index (χ0) is 26.7. The van der Waals surface area contributed by atoms with Crippen LogP contribution in [0.4, 0.5) is 13.2 Å². The van der Waals surface area contributed by atoms with Crippen LogP contribution < -0.4 is 5.56 Å². The molecule has 4 aromatic rings. The number of fused-ring (bicyclic) bond motifs is 1. The summed E-state index contributed by atoms with van der Waals surface area (Å²) in [4.78, 5) is 33.3. The summed E-state index contributed by atoms with van der Waals surface area (Å²) in [6.07, 6.45) is -4.60. The number of alkyl halides is 3. The lowest BCUT2D eigenvalue weighted by atomic mass is 10.1. The Morgan fingerprint density at radius 1 is 1.08 bits per heavy atom. The highest BCUT2D eigenvalue weighted by Crippen LogP contribution is 2.31. The molecule has 10 heteroatoms. The van der Waals surface area contributed by atoms with Crippen molar-refractivity contribution in [2.75, 3.05) is 20.3 Å². The third kappa shape index (κ3) is 5.60. The van der Waals surface area contributed by atoms with E-state index in [4.69, 9.17) is 9.72 Å². The van der Waals surface area contributed by atoms with Crippen molar-refractivity contribution in [3.8, 4) is 5.69 Å². The average molecular weight is 574 g/mol. The summed E-state index contributed by atoms with van der Waals surface area (Å²) in [5.41, 5.74) is -0.398. The molecule has 4 rings (SSSR count). The van der Waals surface area contributed by atoms with Gasteiger partial charge in [0.15, 0.2) is 0 Å². The van der Waals surface area contributed by atoms with Crippen molar-refractivity contribution in [1.82, 2.24) is 14.5 Å². The molecule has 1 aromatic heterocycles. The number of amides is 1. The molecular formula is C27H23BrF3N3O3. The lowest BCUT2D eigenvalue weighted by Gasteiger charge is -2.30. The molecule has 0 aliphatic carbocycles. The number of ether oxygens (including phenoxy) is 1. The van der Waals surface area contributed by atoms with Gasteiger partial charge >= 0.3 is 6.18 Å². The van der Waals surface area contributed by atoms with Crippen molar-refractivity contribution in [3.05, 3.63) is 105 Å². The van der Waals surface area contributed by atoms with Crippen molar-refractivity contribution in [2.24, 2.45) is 0 Å². The van der Waals surface area contributed by atoms with Gasteiger partial charge < -0.3 is 9.64 Å². The number of carbonyl (C=O) groups is 1. The van der Waals surface area contributed by atoms with Crippen molar-refractivity contribution in [2.45, 2.75) is 19.1 Å². The van der Waals surface area contributed by atoms with Crippen molar-refractivity contribution in [3.63, 3.8) is 0 Å². The first-order valence-corrected chi connectivity index (χ1v) is 12.2. The quantitative estimate of drug-likeness (QED) is 0.271. The van der Waals surface area contributed by atoms with Crippen LogP contribution in [-0.4, -0.2) is 40.6 Å². The van der Waals surface area contributed by atoms with Crippen LogP contribution in [0.5, 0.6) is 0 Å². The lowest BCUT2D eigenvalue weighted by molar-refractivity contribution is -0.137. The van der Waals surface area contributed by atoms with Gasteiger partial charge in [-0.3, -0.25) is 14.2 Å². The average Bonchev–Trinajstić information content (AvgIpc) is 2.89. The van der Waals surface area contributed by atoms with Gasteiger partial charge in [0.2, 0.25) is 0 Å². The summed E-state index contributed by atoms with van der Waals surface area (Å²) < 4.78 is 47.4. The maximum atomic E-state index is 13.6. The van der Waals surface area contributed by atoms with E-state index in [0.29, 0.717) is 16.6 Å². The topological polar surface area (TPSA) is 64.4 Å². The molecule has 0 aliphatic rings. The molecule has 3 aromatic carbocycles. The number of halogens is 4. The highest BCUT2D eigenvalue weighted by molar-refractivity contribution is 9.10. The highest BCUT2D eigenvalue weighted by atomic mass is 79.9. The molecule has 0 saturated carbocycles. The number of hydrogen-bond donors (Lipinski definition) is 0. The molecule has 1 atom stereocenters. The molecule has 0 aliphatic heterocycles. The van der Waals surface area contributed by atoms with Crippen LogP contribution in [0.25, 0.3) is 16.6 Å². The van der Waals surface area contributed by atoms with Gasteiger partial charge in [-0.25, -0.2) is 4.98 Å². The van der Waals surface area contributed by atoms with Gasteiger partial charge in [-0.05, 0) is 61.5 Å². The van der Waals surface area contributed by atoms with E-state index in [9.17, 15) is 22.8 Å². The van der Waals surface area contributed by atoms with E-state index in [0.717, 1.165) is 16.6 Å². The maximum absolute atomic E-state index is 13.6. The highest BCUT2D eigenvalue weighted by Gasteiger charge is 2.32. The van der Waals surface area contributed by atoms with Crippen LogP contribution in [0, 0.1) is 0 Å². The molecule has 0 radical (unpaired) electrons. The molecule has 0 N–H and O–H groups in total. The van der Waals surface area contributed by atoms with Crippen LogP contribution in [-0.2, 0) is 10.9 Å². The van der Waals surface area contributed by atoms with E-state index in [1.54, 1.807) is 55.5 Å². The Morgan fingerprint density at radius 3 is 2.46 bits per heavy atom. The number of aromatic nitrogens is 2. The Kier molecular flexibility index (Phi) is 7.79. The van der Waals surface area contributed by atoms with Gasteiger partial charge in [0.05, 0.1) is 34.8 Å². The Morgan fingerprint density at radius 2 is 1.78 bits per heavy atom. The second kappa shape index (κ2) is 10.9.